The molecule has 0 aliphatic rings. The van der Waals surface area contributed by atoms with Crippen LogP contribution in [0.1, 0.15) is 16.7 Å². The zero-order valence-corrected chi connectivity index (χ0v) is 8.69. The third kappa shape index (κ3) is 3.64. The van der Waals surface area contributed by atoms with Crippen molar-refractivity contribution in [3.05, 3.63) is 34.9 Å². The molecule has 1 rings (SSSR count). The summed E-state index contributed by atoms with van der Waals surface area (Å²) in [7, 11) is 0. The Kier molecular flexibility index (Phi) is 3.88. The molecule has 18 heavy (non-hydrogen) atoms. The van der Waals surface area contributed by atoms with Gasteiger partial charge in [-0.1, -0.05) is 0 Å². The first kappa shape index (κ1) is 14.3. The molecule has 0 unspecified atom stereocenters. The van der Waals surface area contributed by atoms with E-state index in [0.717, 1.165) is 0 Å². The Bertz CT molecular complexity index is 405. The van der Waals surface area contributed by atoms with Gasteiger partial charge in [0.05, 0.1) is 11.1 Å². The van der Waals surface area contributed by atoms with Gasteiger partial charge in [0.1, 0.15) is 0 Å². The fourth-order valence-electron chi connectivity index (χ4n) is 1.28. The maximum atomic E-state index is 12.4. The Hall–Kier alpha value is -1.73. The van der Waals surface area contributed by atoms with E-state index in [0.29, 0.717) is 12.1 Å². The van der Waals surface area contributed by atoms with Gasteiger partial charge in [0, 0.05) is 6.54 Å². The minimum absolute atomic E-state index is 0.0322. The fraction of sp³-hybridized carbons (Fsp3) is 0.300. The molecule has 0 aromatic heterocycles. The fourth-order valence-corrected chi connectivity index (χ4v) is 1.28. The third-order valence-corrected chi connectivity index (χ3v) is 2.04. The summed E-state index contributed by atoms with van der Waals surface area (Å²) in [5.41, 5.74) is -3.08. The molecule has 0 atom stereocenters. The lowest BCUT2D eigenvalue weighted by molar-refractivity contribution is -0.143. The van der Waals surface area contributed by atoms with E-state index in [4.69, 9.17) is 0 Å². The zero-order valence-electron chi connectivity index (χ0n) is 8.69. The number of carbonyl (C=O) groups excluding carboxylic acids is 1. The van der Waals surface area contributed by atoms with E-state index in [1.165, 1.54) is 0 Å². The largest absolute Gasteiger partial charge is 0.416 e. The first-order chi connectivity index (χ1) is 8.14. The molecule has 1 N–H and O–H groups in total. The minimum Gasteiger partial charge on any atom is -0.355 e. The third-order valence-electron chi connectivity index (χ3n) is 2.04. The van der Waals surface area contributed by atoms with Crippen LogP contribution >= 0.6 is 0 Å². The Morgan fingerprint density at radius 2 is 1.39 bits per heavy atom. The normalized spacial score (nSPS) is 12.3. The van der Waals surface area contributed by atoms with Crippen molar-refractivity contribution in [1.82, 2.24) is 5.32 Å². The molecule has 0 fully saturated rings. The van der Waals surface area contributed by atoms with Crippen LogP contribution in [0.3, 0.4) is 0 Å². The maximum Gasteiger partial charge on any atom is 0.416 e. The summed E-state index contributed by atoms with van der Waals surface area (Å²) in [5, 5.41) is 2.01. The smallest absolute Gasteiger partial charge is 0.355 e. The van der Waals surface area contributed by atoms with Gasteiger partial charge < -0.3 is 5.32 Å². The van der Waals surface area contributed by atoms with Gasteiger partial charge in [0.25, 0.3) is 0 Å². The molecule has 100 valence electrons. The number of hydrogen-bond donors (Lipinski definition) is 1. The van der Waals surface area contributed by atoms with Crippen molar-refractivity contribution >= 4 is 6.41 Å². The average molecular weight is 271 g/mol. The molecule has 1 aromatic rings. The van der Waals surface area contributed by atoms with Gasteiger partial charge in [-0.2, -0.15) is 26.3 Å². The quantitative estimate of drug-likeness (QED) is 0.664. The van der Waals surface area contributed by atoms with E-state index in [1.54, 1.807) is 0 Å². The highest BCUT2D eigenvalue weighted by Gasteiger charge is 2.36. The first-order valence-corrected chi connectivity index (χ1v) is 4.60. The number of halogens is 6. The van der Waals surface area contributed by atoms with Gasteiger partial charge in [-0.05, 0) is 23.8 Å². The Balaban J connectivity index is 3.24. The molecule has 0 radical (unpaired) electrons. The minimum atomic E-state index is -4.88. The molecule has 0 spiro atoms. The van der Waals surface area contributed by atoms with Gasteiger partial charge in [0.2, 0.25) is 6.41 Å². The second-order valence-corrected chi connectivity index (χ2v) is 3.41. The van der Waals surface area contributed by atoms with Gasteiger partial charge in [-0.25, -0.2) is 0 Å². The number of rotatable bonds is 3. The Morgan fingerprint density at radius 1 is 0.944 bits per heavy atom. The highest BCUT2D eigenvalue weighted by Crippen LogP contribution is 2.36. The molecular weight excluding hydrogens is 264 g/mol. The molecule has 8 heteroatoms. The van der Waals surface area contributed by atoms with Crippen LogP contribution < -0.4 is 5.32 Å². The summed E-state index contributed by atoms with van der Waals surface area (Å²) in [6.07, 6.45) is -9.57. The van der Waals surface area contributed by atoms with Gasteiger partial charge in [-0.15, -0.1) is 0 Å². The second kappa shape index (κ2) is 4.87. The van der Waals surface area contributed by atoms with Gasteiger partial charge in [-0.3, -0.25) is 4.79 Å². The zero-order chi connectivity index (χ0) is 14.0. The maximum absolute atomic E-state index is 12.4. The molecule has 0 saturated heterocycles. The number of carbonyl (C=O) groups is 1. The number of benzene rings is 1. The molecule has 0 bridgehead atoms. The summed E-state index contributed by atoms with van der Waals surface area (Å²) in [6, 6.07) is 1.15. The van der Waals surface area contributed by atoms with Crippen molar-refractivity contribution in [2.24, 2.45) is 0 Å². The molecule has 0 saturated carbocycles. The van der Waals surface area contributed by atoms with Crippen LogP contribution in [0.2, 0.25) is 0 Å². The van der Waals surface area contributed by atoms with Crippen molar-refractivity contribution in [2.45, 2.75) is 18.9 Å². The lowest BCUT2D eigenvalue weighted by Crippen LogP contribution is -2.15. The SMILES string of the molecule is O=CNCc1cc(C(F)(F)F)cc(C(F)(F)F)c1. The molecule has 1 aromatic carbocycles. The topological polar surface area (TPSA) is 29.1 Å². The van der Waals surface area contributed by atoms with E-state index in [2.05, 4.69) is 0 Å². The average Bonchev–Trinajstić information content (AvgIpc) is 2.23. The Labute approximate surface area is 97.6 Å². The van der Waals surface area contributed by atoms with E-state index < -0.39 is 30.0 Å². The van der Waals surface area contributed by atoms with Gasteiger partial charge >= 0.3 is 12.4 Å². The predicted octanol–water partition coefficient (Wildman–Crippen LogP) is 2.97. The lowest BCUT2D eigenvalue weighted by atomic mass is 10.0. The number of hydrogen-bond acceptors (Lipinski definition) is 1. The van der Waals surface area contributed by atoms with Crippen LogP contribution in [0.25, 0.3) is 0 Å². The van der Waals surface area contributed by atoms with Crippen LogP contribution in [0.4, 0.5) is 26.3 Å². The summed E-state index contributed by atoms with van der Waals surface area (Å²) in [5.74, 6) is 0. The molecule has 1 amide bonds. The molecule has 0 heterocycles. The highest BCUT2D eigenvalue weighted by atomic mass is 19.4. The van der Waals surface area contributed by atoms with Crippen LogP contribution in [0.5, 0.6) is 0 Å². The van der Waals surface area contributed by atoms with E-state index in [1.807, 2.05) is 5.32 Å². The first-order valence-electron chi connectivity index (χ1n) is 4.60. The van der Waals surface area contributed by atoms with Crippen molar-refractivity contribution < 1.29 is 31.1 Å². The van der Waals surface area contributed by atoms with Crippen molar-refractivity contribution in [3.8, 4) is 0 Å². The van der Waals surface area contributed by atoms with Crippen LogP contribution in [0.15, 0.2) is 18.2 Å². The summed E-state index contributed by atoms with van der Waals surface area (Å²) < 4.78 is 74.4. The van der Waals surface area contributed by atoms with E-state index in [9.17, 15) is 31.1 Å². The molecule has 2 nitrogen and oxygen atoms in total. The summed E-state index contributed by atoms with van der Waals surface area (Å²) in [6.45, 7) is -0.406. The lowest BCUT2D eigenvalue weighted by Gasteiger charge is -2.13. The van der Waals surface area contributed by atoms with Crippen molar-refractivity contribution in [3.63, 3.8) is 0 Å². The summed E-state index contributed by atoms with van der Waals surface area (Å²) in [4.78, 5) is 9.99. The number of alkyl halides is 6. The molecular formula is C10H7F6NO. The Morgan fingerprint density at radius 3 is 1.72 bits per heavy atom. The predicted molar refractivity (Wildman–Crippen MR) is 49.3 cm³/mol. The summed E-state index contributed by atoms with van der Waals surface area (Å²) >= 11 is 0. The van der Waals surface area contributed by atoms with E-state index >= 15 is 0 Å². The monoisotopic (exact) mass is 271 g/mol. The highest BCUT2D eigenvalue weighted by molar-refractivity contribution is 5.46. The molecule has 0 aliphatic heterocycles. The van der Waals surface area contributed by atoms with Crippen molar-refractivity contribution in [2.75, 3.05) is 0 Å². The number of amides is 1. The van der Waals surface area contributed by atoms with Crippen LogP contribution in [-0.2, 0) is 23.7 Å². The van der Waals surface area contributed by atoms with Crippen molar-refractivity contribution in [1.29, 1.82) is 0 Å². The second-order valence-electron chi connectivity index (χ2n) is 3.41. The van der Waals surface area contributed by atoms with Gasteiger partial charge in [0.15, 0.2) is 0 Å². The van der Waals surface area contributed by atoms with Crippen LogP contribution in [-0.4, -0.2) is 6.41 Å². The molecule has 0 aliphatic carbocycles. The van der Waals surface area contributed by atoms with Crippen LogP contribution in [0, 0.1) is 0 Å². The standard InChI is InChI=1S/C10H7F6NO/c11-9(12,13)7-1-6(4-17-5-18)2-8(3-7)10(14,15)16/h1-3,5H,4H2,(H,17,18). The number of nitrogens with one attached hydrogen (secondary N) is 1. The van der Waals surface area contributed by atoms with E-state index in [-0.39, 0.29) is 18.0 Å².